The first-order valence-electron chi connectivity index (χ1n) is 6.75. The van der Waals surface area contributed by atoms with Gasteiger partial charge in [-0.05, 0) is 56.6 Å². The normalized spacial score (nSPS) is 10.4. The van der Waals surface area contributed by atoms with E-state index in [1.165, 1.54) is 5.69 Å². The van der Waals surface area contributed by atoms with E-state index in [0.29, 0.717) is 0 Å². The minimum absolute atomic E-state index is 0.248. The lowest BCUT2D eigenvalue weighted by Gasteiger charge is -2.21. The zero-order chi connectivity index (χ0) is 14.5. The number of hydrogen-bond acceptors (Lipinski definition) is 4. The van der Waals surface area contributed by atoms with Crippen LogP contribution in [0.2, 0.25) is 5.28 Å². The Balaban J connectivity index is 2.16. The van der Waals surface area contributed by atoms with E-state index in [2.05, 4.69) is 46.2 Å². The van der Waals surface area contributed by atoms with Gasteiger partial charge in [0.05, 0.1) is 0 Å². The molecule has 0 fully saturated rings. The number of anilines is 3. The molecule has 0 spiro atoms. The Morgan fingerprint density at radius 3 is 2.40 bits per heavy atom. The van der Waals surface area contributed by atoms with Gasteiger partial charge < -0.3 is 10.2 Å². The molecule has 1 aromatic heterocycles. The van der Waals surface area contributed by atoms with Crippen molar-refractivity contribution in [2.45, 2.75) is 20.8 Å². The van der Waals surface area contributed by atoms with E-state index >= 15 is 0 Å². The smallest absolute Gasteiger partial charge is 0.224 e. The highest BCUT2D eigenvalue weighted by atomic mass is 35.5. The SMILES string of the molecule is CCN(CC)c1ccc(Nc2nc(Cl)ncc2C)cc1. The van der Waals surface area contributed by atoms with E-state index < -0.39 is 0 Å². The highest BCUT2D eigenvalue weighted by Gasteiger charge is 2.04. The van der Waals surface area contributed by atoms with Gasteiger partial charge in [-0.1, -0.05) is 0 Å². The third-order valence-electron chi connectivity index (χ3n) is 3.20. The summed E-state index contributed by atoms with van der Waals surface area (Å²) in [5.41, 5.74) is 3.17. The van der Waals surface area contributed by atoms with Crippen molar-refractivity contribution in [2.24, 2.45) is 0 Å². The van der Waals surface area contributed by atoms with Crippen LogP contribution in [0.3, 0.4) is 0 Å². The molecule has 0 saturated heterocycles. The molecule has 106 valence electrons. The molecule has 0 aliphatic rings. The minimum atomic E-state index is 0.248. The predicted molar refractivity (Wildman–Crippen MR) is 85.1 cm³/mol. The summed E-state index contributed by atoms with van der Waals surface area (Å²) in [6, 6.07) is 8.30. The van der Waals surface area contributed by atoms with Crippen LogP contribution in [0.25, 0.3) is 0 Å². The number of halogens is 1. The molecule has 1 heterocycles. The Hall–Kier alpha value is -1.81. The second-order valence-electron chi connectivity index (χ2n) is 4.51. The highest BCUT2D eigenvalue weighted by molar-refractivity contribution is 6.28. The number of aryl methyl sites for hydroxylation is 1. The summed E-state index contributed by atoms with van der Waals surface area (Å²) in [5, 5.41) is 3.51. The zero-order valence-corrected chi connectivity index (χ0v) is 12.8. The number of hydrogen-bond donors (Lipinski definition) is 1. The molecule has 2 rings (SSSR count). The van der Waals surface area contributed by atoms with Gasteiger partial charge in [-0.15, -0.1) is 0 Å². The molecule has 0 amide bonds. The molecule has 1 aromatic carbocycles. The molecule has 0 aliphatic carbocycles. The van der Waals surface area contributed by atoms with Crippen molar-refractivity contribution in [3.8, 4) is 0 Å². The standard InChI is InChI=1S/C15H19ClN4/c1-4-20(5-2)13-8-6-12(7-9-13)18-14-11(3)10-17-15(16)19-14/h6-10H,4-5H2,1-3H3,(H,17,18,19). The van der Waals surface area contributed by atoms with Crippen LogP contribution in [0.4, 0.5) is 17.2 Å². The van der Waals surface area contributed by atoms with Crippen molar-refractivity contribution in [3.63, 3.8) is 0 Å². The first-order valence-corrected chi connectivity index (χ1v) is 7.13. The Bertz CT molecular complexity index is 565. The summed E-state index contributed by atoms with van der Waals surface area (Å²) in [5.74, 6) is 0.737. The van der Waals surface area contributed by atoms with Gasteiger partial charge in [0.2, 0.25) is 5.28 Å². The maximum atomic E-state index is 5.82. The number of nitrogens with zero attached hydrogens (tertiary/aromatic N) is 3. The highest BCUT2D eigenvalue weighted by Crippen LogP contribution is 2.22. The maximum absolute atomic E-state index is 5.82. The van der Waals surface area contributed by atoms with Crippen LogP contribution in [-0.2, 0) is 0 Å². The fourth-order valence-electron chi connectivity index (χ4n) is 2.03. The van der Waals surface area contributed by atoms with E-state index in [1.807, 2.05) is 19.1 Å². The van der Waals surface area contributed by atoms with Gasteiger partial charge in [0.1, 0.15) is 5.82 Å². The van der Waals surface area contributed by atoms with Crippen molar-refractivity contribution in [2.75, 3.05) is 23.3 Å². The van der Waals surface area contributed by atoms with Gasteiger partial charge in [-0.2, -0.15) is 0 Å². The maximum Gasteiger partial charge on any atom is 0.224 e. The van der Waals surface area contributed by atoms with E-state index in [1.54, 1.807) is 6.20 Å². The Morgan fingerprint density at radius 2 is 1.80 bits per heavy atom. The summed E-state index contributed by atoms with van der Waals surface area (Å²) in [6.45, 7) is 8.26. The summed E-state index contributed by atoms with van der Waals surface area (Å²) in [4.78, 5) is 10.4. The van der Waals surface area contributed by atoms with Crippen LogP contribution in [0.5, 0.6) is 0 Å². The van der Waals surface area contributed by atoms with Crippen LogP contribution in [0.15, 0.2) is 30.5 Å². The van der Waals surface area contributed by atoms with Crippen molar-refractivity contribution < 1.29 is 0 Å². The van der Waals surface area contributed by atoms with Crippen molar-refractivity contribution >= 4 is 28.8 Å². The van der Waals surface area contributed by atoms with E-state index in [0.717, 1.165) is 30.2 Å². The molecule has 0 atom stereocenters. The number of benzene rings is 1. The molecule has 0 saturated carbocycles. The Morgan fingerprint density at radius 1 is 1.15 bits per heavy atom. The van der Waals surface area contributed by atoms with E-state index in [-0.39, 0.29) is 5.28 Å². The van der Waals surface area contributed by atoms with Gasteiger partial charge in [0.25, 0.3) is 0 Å². The Kier molecular flexibility index (Phi) is 4.79. The summed E-state index contributed by atoms with van der Waals surface area (Å²) in [6.07, 6.45) is 1.71. The van der Waals surface area contributed by atoms with Gasteiger partial charge in [-0.3, -0.25) is 0 Å². The minimum Gasteiger partial charge on any atom is -0.372 e. The molecule has 2 aromatic rings. The van der Waals surface area contributed by atoms with Crippen LogP contribution >= 0.6 is 11.6 Å². The molecule has 0 aliphatic heterocycles. The quantitative estimate of drug-likeness (QED) is 0.844. The van der Waals surface area contributed by atoms with Crippen LogP contribution < -0.4 is 10.2 Å². The first-order chi connectivity index (χ1) is 9.63. The molecule has 0 radical (unpaired) electrons. The lowest BCUT2D eigenvalue weighted by atomic mass is 10.2. The molecule has 0 bridgehead atoms. The fourth-order valence-corrected chi connectivity index (χ4v) is 2.16. The molecular weight excluding hydrogens is 272 g/mol. The van der Waals surface area contributed by atoms with E-state index in [4.69, 9.17) is 11.6 Å². The third kappa shape index (κ3) is 3.39. The third-order valence-corrected chi connectivity index (χ3v) is 3.38. The van der Waals surface area contributed by atoms with Gasteiger partial charge >= 0.3 is 0 Å². The van der Waals surface area contributed by atoms with Gasteiger partial charge in [0.15, 0.2) is 0 Å². The van der Waals surface area contributed by atoms with Gasteiger partial charge in [0, 0.05) is 36.2 Å². The molecule has 20 heavy (non-hydrogen) atoms. The monoisotopic (exact) mass is 290 g/mol. The molecule has 0 unspecified atom stereocenters. The molecule has 1 N–H and O–H groups in total. The zero-order valence-electron chi connectivity index (χ0n) is 12.0. The first kappa shape index (κ1) is 14.6. The second kappa shape index (κ2) is 6.57. The van der Waals surface area contributed by atoms with Gasteiger partial charge in [-0.25, -0.2) is 9.97 Å². The topological polar surface area (TPSA) is 41.0 Å². The summed E-state index contributed by atoms with van der Waals surface area (Å²) < 4.78 is 0. The molecule has 4 nitrogen and oxygen atoms in total. The summed E-state index contributed by atoms with van der Waals surface area (Å²) in [7, 11) is 0. The lowest BCUT2D eigenvalue weighted by molar-refractivity contribution is 0.866. The van der Waals surface area contributed by atoms with Crippen molar-refractivity contribution in [1.82, 2.24) is 9.97 Å². The molecule has 5 heteroatoms. The van der Waals surface area contributed by atoms with Crippen LogP contribution in [0.1, 0.15) is 19.4 Å². The predicted octanol–water partition coefficient (Wildman–Crippen LogP) is 4.03. The van der Waals surface area contributed by atoms with E-state index in [9.17, 15) is 0 Å². The lowest BCUT2D eigenvalue weighted by Crippen LogP contribution is -2.21. The second-order valence-corrected chi connectivity index (χ2v) is 4.85. The average Bonchev–Trinajstić information content (AvgIpc) is 2.46. The number of nitrogens with one attached hydrogen (secondary N) is 1. The average molecular weight is 291 g/mol. The molecular formula is C15H19ClN4. The van der Waals surface area contributed by atoms with Crippen molar-refractivity contribution in [1.29, 1.82) is 0 Å². The van der Waals surface area contributed by atoms with Crippen LogP contribution in [0, 0.1) is 6.92 Å². The number of rotatable bonds is 5. The largest absolute Gasteiger partial charge is 0.372 e. The fraction of sp³-hybridized carbons (Fsp3) is 0.333. The van der Waals surface area contributed by atoms with Crippen molar-refractivity contribution in [3.05, 3.63) is 41.3 Å². The summed E-state index contributed by atoms with van der Waals surface area (Å²) >= 11 is 5.82. The Labute approximate surface area is 124 Å². The van der Waals surface area contributed by atoms with Crippen LogP contribution in [-0.4, -0.2) is 23.1 Å². The number of aromatic nitrogens is 2.